The summed E-state index contributed by atoms with van der Waals surface area (Å²) in [6.07, 6.45) is 67.3. The molecule has 0 spiro atoms. The number of aliphatic hydroxyl groups is 1. The molecule has 544 valence electrons. The van der Waals surface area contributed by atoms with Gasteiger partial charge in [0.15, 0.2) is 12.2 Å². The van der Waals surface area contributed by atoms with E-state index in [0.717, 1.165) is 167 Å². The summed E-state index contributed by atoms with van der Waals surface area (Å²) in [6.45, 7) is 4.62. The molecule has 0 aliphatic rings. The predicted molar refractivity (Wildman–Crippen MR) is 381 cm³/mol. The number of unbranched alkanes of at least 4 members (excludes halogenated alkanes) is 29. The number of hydrogen-bond acceptors (Lipinski definition) is 15. The molecule has 0 bridgehead atoms. The number of carbonyl (C=O) groups is 4. The summed E-state index contributed by atoms with van der Waals surface area (Å²) in [5, 5.41) is 10.6. The van der Waals surface area contributed by atoms with E-state index in [4.69, 9.17) is 37.0 Å². The summed E-state index contributed by atoms with van der Waals surface area (Å²) in [6, 6.07) is 0. The van der Waals surface area contributed by atoms with Crippen LogP contribution in [0.1, 0.15) is 310 Å². The molecule has 0 heterocycles. The van der Waals surface area contributed by atoms with Crippen LogP contribution < -0.4 is 0 Å². The van der Waals surface area contributed by atoms with Gasteiger partial charge < -0.3 is 33.8 Å². The van der Waals surface area contributed by atoms with E-state index in [1.54, 1.807) is 0 Å². The third-order valence-corrected chi connectivity index (χ3v) is 17.2. The molecular formula is C75H132O17P2. The van der Waals surface area contributed by atoms with Gasteiger partial charge in [-0.1, -0.05) is 260 Å². The number of rotatable bonds is 69. The van der Waals surface area contributed by atoms with Gasteiger partial charge in [-0.2, -0.15) is 0 Å². The molecule has 0 aromatic carbocycles. The fraction of sp³-hybridized carbons (Fsp3) is 0.760. The third-order valence-electron chi connectivity index (χ3n) is 15.3. The van der Waals surface area contributed by atoms with E-state index in [9.17, 15) is 43.2 Å². The highest BCUT2D eigenvalue weighted by Gasteiger charge is 2.30. The molecule has 17 nitrogen and oxygen atoms in total. The fourth-order valence-corrected chi connectivity index (χ4v) is 11.3. The molecule has 0 rings (SSSR count). The van der Waals surface area contributed by atoms with E-state index in [1.807, 2.05) is 0 Å². The zero-order valence-electron chi connectivity index (χ0n) is 59.1. The monoisotopic (exact) mass is 1370 g/mol. The van der Waals surface area contributed by atoms with Gasteiger partial charge in [0.2, 0.25) is 0 Å². The molecule has 0 fully saturated rings. The van der Waals surface area contributed by atoms with E-state index in [1.165, 1.54) is 64.2 Å². The lowest BCUT2D eigenvalue weighted by atomic mass is 10.0. The molecule has 0 saturated heterocycles. The summed E-state index contributed by atoms with van der Waals surface area (Å²) in [5.74, 6) is -2.21. The number of phosphoric ester groups is 2. The van der Waals surface area contributed by atoms with Crippen LogP contribution in [-0.2, 0) is 65.4 Å². The van der Waals surface area contributed by atoms with E-state index in [0.29, 0.717) is 25.7 Å². The van der Waals surface area contributed by atoms with Gasteiger partial charge in [-0.15, -0.1) is 0 Å². The first-order valence-corrected chi connectivity index (χ1v) is 39.8. The van der Waals surface area contributed by atoms with Crippen molar-refractivity contribution in [2.24, 2.45) is 0 Å². The Labute approximate surface area is 570 Å². The van der Waals surface area contributed by atoms with Crippen molar-refractivity contribution in [2.45, 2.75) is 329 Å². The van der Waals surface area contributed by atoms with Crippen molar-refractivity contribution in [3.63, 3.8) is 0 Å². The summed E-state index contributed by atoms with van der Waals surface area (Å²) < 4.78 is 68.3. The number of esters is 4. The van der Waals surface area contributed by atoms with E-state index >= 15 is 0 Å². The van der Waals surface area contributed by atoms with E-state index < -0.39 is 97.5 Å². The van der Waals surface area contributed by atoms with Crippen LogP contribution in [0.3, 0.4) is 0 Å². The van der Waals surface area contributed by atoms with Gasteiger partial charge in [0.1, 0.15) is 19.3 Å². The molecule has 94 heavy (non-hydrogen) atoms. The number of phosphoric acid groups is 2. The molecule has 5 atom stereocenters. The minimum atomic E-state index is -4.97. The predicted octanol–water partition coefficient (Wildman–Crippen LogP) is 20.7. The molecule has 0 radical (unpaired) electrons. The van der Waals surface area contributed by atoms with Crippen LogP contribution in [0.2, 0.25) is 0 Å². The van der Waals surface area contributed by atoms with Crippen LogP contribution in [0.25, 0.3) is 0 Å². The first-order chi connectivity index (χ1) is 45.7. The van der Waals surface area contributed by atoms with Gasteiger partial charge in [-0.05, 0) is 109 Å². The summed E-state index contributed by atoms with van der Waals surface area (Å²) in [5.41, 5.74) is 0. The normalized spacial score (nSPS) is 14.5. The maximum absolute atomic E-state index is 13.0. The Balaban J connectivity index is 5.32. The Bertz CT molecular complexity index is 2120. The van der Waals surface area contributed by atoms with E-state index in [2.05, 4.69) is 113 Å². The first-order valence-electron chi connectivity index (χ1n) is 36.8. The number of allylic oxidation sites excluding steroid dienone is 14. The van der Waals surface area contributed by atoms with Gasteiger partial charge in [-0.25, -0.2) is 9.13 Å². The quantitative estimate of drug-likeness (QED) is 0.0169. The van der Waals surface area contributed by atoms with Gasteiger partial charge in [-0.3, -0.25) is 37.3 Å². The lowest BCUT2D eigenvalue weighted by Gasteiger charge is -2.21. The summed E-state index contributed by atoms with van der Waals surface area (Å²) in [7, 11) is -9.94. The second-order valence-electron chi connectivity index (χ2n) is 24.5. The van der Waals surface area contributed by atoms with Gasteiger partial charge in [0.25, 0.3) is 0 Å². The highest BCUT2D eigenvalue weighted by molar-refractivity contribution is 7.47. The molecule has 3 N–H and O–H groups in total. The average molecular weight is 1370 g/mol. The lowest BCUT2D eigenvalue weighted by Crippen LogP contribution is -2.30. The maximum atomic E-state index is 13.0. The zero-order valence-corrected chi connectivity index (χ0v) is 60.9. The Morgan fingerprint density at radius 2 is 0.585 bits per heavy atom. The van der Waals surface area contributed by atoms with Gasteiger partial charge in [0.05, 0.1) is 26.4 Å². The van der Waals surface area contributed by atoms with Crippen molar-refractivity contribution in [3.8, 4) is 0 Å². The highest BCUT2D eigenvalue weighted by atomic mass is 31.2. The van der Waals surface area contributed by atoms with Gasteiger partial charge in [0, 0.05) is 25.7 Å². The Hall–Kier alpha value is -3.76. The van der Waals surface area contributed by atoms with Crippen LogP contribution in [-0.4, -0.2) is 96.7 Å². The van der Waals surface area contributed by atoms with Crippen molar-refractivity contribution in [1.82, 2.24) is 0 Å². The molecule has 0 aromatic heterocycles. The molecule has 0 aromatic rings. The largest absolute Gasteiger partial charge is 0.472 e. The fourth-order valence-electron chi connectivity index (χ4n) is 9.70. The van der Waals surface area contributed by atoms with Crippen LogP contribution in [0.15, 0.2) is 85.1 Å². The number of ether oxygens (including phenoxy) is 4. The summed E-state index contributed by atoms with van der Waals surface area (Å²) in [4.78, 5) is 72.6. The van der Waals surface area contributed by atoms with Crippen molar-refractivity contribution in [1.29, 1.82) is 0 Å². The van der Waals surface area contributed by atoms with Crippen LogP contribution >= 0.6 is 15.6 Å². The minimum Gasteiger partial charge on any atom is -0.462 e. The number of carbonyl (C=O) groups excluding carboxylic acids is 4. The van der Waals surface area contributed by atoms with Crippen LogP contribution in [0.4, 0.5) is 0 Å². The van der Waals surface area contributed by atoms with Crippen molar-refractivity contribution in [3.05, 3.63) is 85.1 Å². The second-order valence-corrected chi connectivity index (χ2v) is 27.4. The first kappa shape index (κ1) is 90.2. The smallest absolute Gasteiger partial charge is 0.462 e. The standard InChI is InChI=1S/C75H132O17P2/c1-5-9-13-17-21-25-29-32-33-34-35-38-41-44-48-52-56-60-73(78)86-65-70(91-74(79)61-57-53-49-45-39-28-24-20-16-12-8-4)67-89-93(81,82)87-63-69(76)64-88-94(83,84)90-68-71(92-75(80)62-58-54-50-46-42-37-31-27-23-19-15-11-7-3)66-85-72(77)59-55-51-47-43-40-36-30-26-22-18-14-10-6-2/h9,13-14,18,20-21,24-26,30,32-33,35,38,69-71,76H,5-8,10-12,15-17,19,22-23,27-29,31,34,36-37,39-68H2,1-4H3,(H,81,82)(H,83,84)/b13-9-,18-14-,24-20-,25-21-,30-26-,33-32-,38-35-. The van der Waals surface area contributed by atoms with Crippen molar-refractivity contribution in [2.75, 3.05) is 39.6 Å². The number of aliphatic hydroxyl groups excluding tert-OH is 1. The van der Waals surface area contributed by atoms with E-state index in [-0.39, 0.29) is 25.7 Å². The Morgan fingerprint density at radius 1 is 0.309 bits per heavy atom. The molecule has 5 unspecified atom stereocenters. The van der Waals surface area contributed by atoms with Crippen molar-refractivity contribution < 1.29 is 80.2 Å². The Kier molecular flexibility index (Phi) is 65.1. The third kappa shape index (κ3) is 66.8. The molecule has 0 aliphatic heterocycles. The van der Waals surface area contributed by atoms with Crippen LogP contribution in [0, 0.1) is 0 Å². The SMILES string of the molecule is CC/C=C\C/C=C\C/C=C\C/C=C\CCCCCCC(=O)OCC(COP(=O)(O)OCC(O)COP(=O)(O)OCC(COC(=O)CCCCCCC/C=C\C/C=C\CCC)OC(=O)CCCCCCCCCCCCCCC)OC(=O)CCCCCCC/C=C\CCCC. The molecular weight excluding hydrogens is 1230 g/mol. The summed E-state index contributed by atoms with van der Waals surface area (Å²) >= 11 is 0. The molecule has 0 aliphatic carbocycles. The minimum absolute atomic E-state index is 0.0795. The maximum Gasteiger partial charge on any atom is 0.472 e. The topological polar surface area (TPSA) is 237 Å². The second kappa shape index (κ2) is 67.8. The molecule has 0 saturated carbocycles. The Morgan fingerprint density at radius 3 is 0.936 bits per heavy atom. The molecule has 19 heteroatoms. The zero-order chi connectivity index (χ0) is 69.0. The average Bonchev–Trinajstić information content (AvgIpc) is 1.32. The highest BCUT2D eigenvalue weighted by Crippen LogP contribution is 2.45. The molecule has 0 amide bonds. The van der Waals surface area contributed by atoms with Crippen molar-refractivity contribution >= 4 is 39.5 Å². The lowest BCUT2D eigenvalue weighted by molar-refractivity contribution is -0.161. The van der Waals surface area contributed by atoms with Crippen LogP contribution in [0.5, 0.6) is 0 Å². The number of hydrogen-bond donors (Lipinski definition) is 3. The van der Waals surface area contributed by atoms with Gasteiger partial charge >= 0.3 is 39.5 Å².